The number of nitrogens with one attached hydrogen (secondary N) is 1. The third-order valence-electron chi connectivity index (χ3n) is 6.81. The zero-order valence-corrected chi connectivity index (χ0v) is 21.5. The molecule has 194 valence electrons. The largest absolute Gasteiger partial charge is 0.511 e. The zero-order chi connectivity index (χ0) is 26.6. The molecular weight excluding hydrogens is 480 g/mol. The molecule has 0 aliphatic carbocycles. The lowest BCUT2D eigenvalue weighted by atomic mass is 10.0. The number of ether oxygens (including phenoxy) is 1. The first-order valence-electron chi connectivity index (χ1n) is 12.9. The predicted molar refractivity (Wildman–Crippen MR) is 147 cm³/mol. The molecule has 38 heavy (non-hydrogen) atoms. The number of aromatic nitrogens is 2. The van der Waals surface area contributed by atoms with Gasteiger partial charge in [-0.15, -0.1) is 0 Å². The monoisotopic (exact) mass is 510 g/mol. The molecule has 8 heteroatoms. The van der Waals surface area contributed by atoms with E-state index < -0.39 is 6.16 Å². The van der Waals surface area contributed by atoms with Crippen LogP contribution in [0.2, 0.25) is 0 Å². The van der Waals surface area contributed by atoms with Crippen LogP contribution in [-0.4, -0.2) is 32.4 Å². The fraction of sp³-hybridized carbons (Fsp3) is 0.267. The number of fused-ring (bicyclic) bond motifs is 1. The summed E-state index contributed by atoms with van der Waals surface area (Å²) in [4.78, 5) is 27.7. The lowest BCUT2D eigenvalue weighted by Gasteiger charge is -2.14. The molecule has 1 aromatic heterocycles. The predicted octanol–water partition coefficient (Wildman–Crippen LogP) is 6.07. The number of carboxylic acid groups (broad SMARTS) is 1. The maximum Gasteiger partial charge on any atom is 0.511 e. The van der Waals surface area contributed by atoms with E-state index in [4.69, 9.17) is 14.8 Å². The Bertz CT molecular complexity index is 1540. The van der Waals surface area contributed by atoms with E-state index in [-0.39, 0.29) is 5.91 Å². The Kier molecular flexibility index (Phi) is 7.22. The van der Waals surface area contributed by atoms with E-state index in [0.717, 1.165) is 69.6 Å². The number of nitrogens with zero attached hydrogens (tertiary/aromatic N) is 3. The Morgan fingerprint density at radius 3 is 2.58 bits per heavy atom. The molecule has 2 N–H and O–H groups in total. The lowest BCUT2D eigenvalue weighted by molar-refractivity contribution is -0.121. The van der Waals surface area contributed by atoms with Gasteiger partial charge in [0, 0.05) is 36.9 Å². The second-order valence-corrected chi connectivity index (χ2v) is 9.53. The minimum Gasteiger partial charge on any atom is -0.449 e. The molecule has 3 aromatic carbocycles. The van der Waals surface area contributed by atoms with Crippen molar-refractivity contribution in [2.45, 2.75) is 52.5 Å². The quantitative estimate of drug-likeness (QED) is 0.221. The highest BCUT2D eigenvalue weighted by Crippen LogP contribution is 2.31. The summed E-state index contributed by atoms with van der Waals surface area (Å²) in [6.07, 6.45) is 2.72. The number of carbonyl (C=O) groups excluding carboxylic acids is 1. The van der Waals surface area contributed by atoms with Gasteiger partial charge in [0.2, 0.25) is 5.91 Å². The van der Waals surface area contributed by atoms with Gasteiger partial charge in [0.1, 0.15) is 11.6 Å². The van der Waals surface area contributed by atoms with Crippen molar-refractivity contribution in [1.29, 1.82) is 0 Å². The van der Waals surface area contributed by atoms with Crippen molar-refractivity contribution in [3.8, 4) is 16.9 Å². The van der Waals surface area contributed by atoms with Crippen molar-refractivity contribution in [1.82, 2.24) is 15.0 Å². The summed E-state index contributed by atoms with van der Waals surface area (Å²) in [6.45, 7) is 4.89. The normalized spacial score (nSPS) is 13.3. The van der Waals surface area contributed by atoms with Gasteiger partial charge in [-0.1, -0.05) is 55.8 Å². The van der Waals surface area contributed by atoms with E-state index in [0.29, 0.717) is 25.1 Å². The smallest absolute Gasteiger partial charge is 0.449 e. The number of amides is 1. The third kappa shape index (κ3) is 5.29. The molecule has 2 heterocycles. The molecule has 1 amide bonds. The molecule has 0 saturated heterocycles. The summed E-state index contributed by atoms with van der Waals surface area (Å²) in [5.74, 6) is 1.30. The average molecular weight is 511 g/mol. The Balaban J connectivity index is 1.51. The molecule has 5 rings (SSSR count). The van der Waals surface area contributed by atoms with Crippen LogP contribution in [0.25, 0.3) is 22.2 Å². The van der Waals surface area contributed by atoms with Gasteiger partial charge in [0.05, 0.1) is 16.7 Å². The van der Waals surface area contributed by atoms with Crippen LogP contribution in [-0.2, 0) is 17.8 Å². The van der Waals surface area contributed by atoms with Crippen molar-refractivity contribution in [3.63, 3.8) is 0 Å². The molecule has 0 atom stereocenters. The number of hydrogen-bond acceptors (Lipinski definition) is 5. The summed E-state index contributed by atoms with van der Waals surface area (Å²) in [6, 6.07) is 19.4. The molecule has 0 unspecified atom stereocenters. The van der Waals surface area contributed by atoms with Crippen LogP contribution in [0.4, 0.5) is 4.79 Å². The molecule has 0 fully saturated rings. The SMILES string of the molecule is CCCCc1nc2c(C)cc(C3=NNC(=O)CC3)cc2n1Cc1ccc(-c2ccccc2OC(=O)O)cc1. The zero-order valence-electron chi connectivity index (χ0n) is 21.5. The van der Waals surface area contributed by atoms with E-state index in [1.807, 2.05) is 24.3 Å². The van der Waals surface area contributed by atoms with Crippen molar-refractivity contribution in [3.05, 3.63) is 83.2 Å². The molecule has 1 aliphatic rings. The van der Waals surface area contributed by atoms with Crippen molar-refractivity contribution in [2.24, 2.45) is 5.10 Å². The summed E-state index contributed by atoms with van der Waals surface area (Å²) in [7, 11) is 0. The van der Waals surface area contributed by atoms with Gasteiger partial charge in [0.25, 0.3) is 0 Å². The number of hydrogen-bond donors (Lipinski definition) is 2. The minimum atomic E-state index is -1.34. The number of benzene rings is 3. The molecule has 0 bridgehead atoms. The van der Waals surface area contributed by atoms with Gasteiger partial charge in [-0.3, -0.25) is 4.79 Å². The van der Waals surface area contributed by atoms with Gasteiger partial charge >= 0.3 is 6.16 Å². The lowest BCUT2D eigenvalue weighted by Crippen LogP contribution is -2.26. The third-order valence-corrected chi connectivity index (χ3v) is 6.81. The highest BCUT2D eigenvalue weighted by atomic mass is 16.7. The highest BCUT2D eigenvalue weighted by molar-refractivity contribution is 6.06. The Morgan fingerprint density at radius 1 is 1.08 bits per heavy atom. The van der Waals surface area contributed by atoms with E-state index in [1.165, 1.54) is 0 Å². The summed E-state index contributed by atoms with van der Waals surface area (Å²) < 4.78 is 7.24. The molecule has 8 nitrogen and oxygen atoms in total. The van der Waals surface area contributed by atoms with Gasteiger partial charge in [-0.05, 0) is 48.2 Å². The molecule has 4 aromatic rings. The van der Waals surface area contributed by atoms with Gasteiger partial charge in [-0.2, -0.15) is 5.10 Å². The van der Waals surface area contributed by atoms with E-state index in [9.17, 15) is 9.59 Å². The fourth-order valence-electron chi connectivity index (χ4n) is 4.85. The number of hydrazone groups is 1. The van der Waals surface area contributed by atoms with Crippen LogP contribution in [0, 0.1) is 6.92 Å². The summed E-state index contributed by atoms with van der Waals surface area (Å²) >= 11 is 0. The Labute approximate surface area is 221 Å². The highest BCUT2D eigenvalue weighted by Gasteiger charge is 2.19. The second kappa shape index (κ2) is 10.9. The van der Waals surface area contributed by atoms with Crippen molar-refractivity contribution >= 4 is 28.8 Å². The van der Waals surface area contributed by atoms with Crippen molar-refractivity contribution < 1.29 is 19.4 Å². The average Bonchev–Trinajstić information content (AvgIpc) is 3.26. The Morgan fingerprint density at radius 2 is 1.87 bits per heavy atom. The summed E-state index contributed by atoms with van der Waals surface area (Å²) in [5.41, 5.74) is 10.3. The first kappa shape index (κ1) is 25.2. The van der Waals surface area contributed by atoms with Crippen LogP contribution < -0.4 is 10.2 Å². The van der Waals surface area contributed by atoms with Crippen molar-refractivity contribution in [2.75, 3.05) is 0 Å². The minimum absolute atomic E-state index is 0.0564. The molecule has 0 radical (unpaired) electrons. The van der Waals surface area contributed by atoms with Gasteiger partial charge in [0.15, 0.2) is 0 Å². The van der Waals surface area contributed by atoms with Gasteiger partial charge < -0.3 is 14.4 Å². The van der Waals surface area contributed by atoms with Crippen LogP contribution in [0.3, 0.4) is 0 Å². The van der Waals surface area contributed by atoms with E-state index in [2.05, 4.69) is 53.2 Å². The molecule has 0 saturated carbocycles. The van der Waals surface area contributed by atoms with Crippen LogP contribution >= 0.6 is 0 Å². The number of carbonyl (C=O) groups is 2. The number of imidazole rings is 1. The number of aryl methyl sites for hydroxylation is 2. The molecule has 1 aliphatic heterocycles. The Hall–Kier alpha value is -4.46. The summed E-state index contributed by atoms with van der Waals surface area (Å²) in [5, 5.41) is 13.4. The molecular formula is C30H30N4O4. The van der Waals surface area contributed by atoms with Crippen LogP contribution in [0.1, 0.15) is 55.1 Å². The first-order valence-corrected chi connectivity index (χ1v) is 12.9. The van der Waals surface area contributed by atoms with Crippen LogP contribution in [0.15, 0.2) is 65.8 Å². The fourth-order valence-corrected chi connectivity index (χ4v) is 4.85. The number of unbranched alkanes of at least 4 members (excludes halogenated alkanes) is 1. The topological polar surface area (TPSA) is 106 Å². The second-order valence-electron chi connectivity index (χ2n) is 9.53. The van der Waals surface area contributed by atoms with E-state index >= 15 is 0 Å². The standard InChI is InChI=1S/C30H30N4O4/c1-3-4-9-27-31-29-19(2)16-22(24-14-15-28(35)33-32-24)17-25(29)34(27)18-20-10-12-21(13-11-20)23-7-5-6-8-26(23)38-30(36)37/h5-8,10-13,16-17H,3-4,9,14-15,18H2,1-2H3,(H,33,35)(H,36,37). The van der Waals surface area contributed by atoms with E-state index in [1.54, 1.807) is 12.1 Å². The number of rotatable bonds is 8. The first-order chi connectivity index (χ1) is 18.4. The number of para-hydroxylation sites is 1. The molecule has 0 spiro atoms. The van der Waals surface area contributed by atoms with Gasteiger partial charge in [-0.25, -0.2) is 15.2 Å². The van der Waals surface area contributed by atoms with Crippen LogP contribution in [0.5, 0.6) is 5.75 Å². The maximum atomic E-state index is 11.6. The maximum absolute atomic E-state index is 11.6.